The normalized spacial score (nSPS) is 11.6. The van der Waals surface area contributed by atoms with Gasteiger partial charge in [0.05, 0.1) is 24.2 Å². The van der Waals surface area contributed by atoms with Crippen molar-refractivity contribution in [3.8, 4) is 6.07 Å². The summed E-state index contributed by atoms with van der Waals surface area (Å²) in [6.07, 6.45) is -0.0850. The summed E-state index contributed by atoms with van der Waals surface area (Å²) < 4.78 is 5.01. The highest BCUT2D eigenvalue weighted by atomic mass is 16.5. The fraction of sp³-hybridized carbons (Fsp3) is 0.333. The molecule has 0 fully saturated rings. The predicted molar refractivity (Wildman–Crippen MR) is 64.3 cm³/mol. The maximum Gasteiger partial charge on any atom is 0.227 e. The Hall–Kier alpha value is -1.90. The molecule has 5 nitrogen and oxygen atoms in total. The topological polar surface area (TPSA) is 88.1 Å². The summed E-state index contributed by atoms with van der Waals surface area (Å²) in [6, 6.07) is 8.73. The Kier molecular flexibility index (Phi) is 5.14. The van der Waals surface area contributed by atoms with Crippen LogP contribution < -0.4 is 11.1 Å². The Morgan fingerprint density at radius 2 is 2.41 bits per heavy atom. The molecular formula is C12H15N3O2. The SMILES string of the molecule is COC(CN)CC(=O)Nc1cccc(C#N)c1. The Bertz CT molecular complexity index is 422. The van der Waals surface area contributed by atoms with Gasteiger partial charge in [-0.1, -0.05) is 6.07 Å². The fourth-order valence-corrected chi connectivity index (χ4v) is 1.35. The van der Waals surface area contributed by atoms with Gasteiger partial charge < -0.3 is 15.8 Å². The van der Waals surface area contributed by atoms with Crippen LogP contribution in [-0.2, 0) is 9.53 Å². The molecule has 0 heterocycles. The van der Waals surface area contributed by atoms with Crippen molar-refractivity contribution in [3.63, 3.8) is 0 Å². The number of carbonyl (C=O) groups excluding carboxylic acids is 1. The van der Waals surface area contributed by atoms with Gasteiger partial charge in [-0.3, -0.25) is 4.79 Å². The molecule has 0 aromatic heterocycles. The standard InChI is InChI=1S/C12H15N3O2/c1-17-11(8-14)6-12(16)15-10-4-2-3-9(5-10)7-13/h2-5,11H,6,8,14H2,1H3,(H,15,16). The van der Waals surface area contributed by atoms with E-state index in [1.165, 1.54) is 7.11 Å². The molecule has 0 aliphatic carbocycles. The van der Waals surface area contributed by atoms with Crippen LogP contribution in [0.2, 0.25) is 0 Å². The van der Waals surface area contributed by atoms with Gasteiger partial charge in [0, 0.05) is 19.3 Å². The van der Waals surface area contributed by atoms with E-state index in [4.69, 9.17) is 15.7 Å². The zero-order valence-corrected chi connectivity index (χ0v) is 9.64. The average molecular weight is 233 g/mol. The van der Waals surface area contributed by atoms with Crippen molar-refractivity contribution < 1.29 is 9.53 Å². The average Bonchev–Trinajstić information content (AvgIpc) is 2.36. The lowest BCUT2D eigenvalue weighted by Gasteiger charge is -2.12. The van der Waals surface area contributed by atoms with Gasteiger partial charge in [0.1, 0.15) is 0 Å². The molecule has 17 heavy (non-hydrogen) atoms. The third-order valence-corrected chi connectivity index (χ3v) is 2.28. The van der Waals surface area contributed by atoms with Crippen molar-refractivity contribution >= 4 is 11.6 Å². The lowest BCUT2D eigenvalue weighted by Crippen LogP contribution is -2.28. The highest BCUT2D eigenvalue weighted by Crippen LogP contribution is 2.10. The van der Waals surface area contributed by atoms with Crippen LogP contribution in [0.25, 0.3) is 0 Å². The van der Waals surface area contributed by atoms with Crippen molar-refractivity contribution in [2.45, 2.75) is 12.5 Å². The molecule has 1 rings (SSSR count). The van der Waals surface area contributed by atoms with Crippen LogP contribution in [0, 0.1) is 11.3 Å². The number of methoxy groups -OCH3 is 1. The Labute approximate surface area is 100 Å². The number of nitrogens with zero attached hydrogens (tertiary/aromatic N) is 1. The molecule has 1 amide bonds. The van der Waals surface area contributed by atoms with E-state index < -0.39 is 0 Å². The van der Waals surface area contributed by atoms with E-state index in [0.717, 1.165) is 0 Å². The summed E-state index contributed by atoms with van der Waals surface area (Å²) in [5.74, 6) is -0.183. The number of carbonyl (C=O) groups is 1. The van der Waals surface area contributed by atoms with E-state index in [2.05, 4.69) is 5.32 Å². The van der Waals surface area contributed by atoms with Gasteiger partial charge in [-0.25, -0.2) is 0 Å². The molecule has 1 aromatic rings. The third kappa shape index (κ3) is 4.23. The molecule has 0 saturated heterocycles. The van der Waals surface area contributed by atoms with E-state index in [1.807, 2.05) is 6.07 Å². The predicted octanol–water partition coefficient (Wildman–Crippen LogP) is 0.861. The van der Waals surface area contributed by atoms with Crippen molar-refractivity contribution in [2.24, 2.45) is 5.73 Å². The maximum atomic E-state index is 11.6. The Morgan fingerprint density at radius 3 is 3.00 bits per heavy atom. The molecule has 0 spiro atoms. The molecule has 1 unspecified atom stereocenters. The number of rotatable bonds is 5. The van der Waals surface area contributed by atoms with Gasteiger partial charge in [0.2, 0.25) is 5.91 Å². The number of hydrogen-bond donors (Lipinski definition) is 2. The van der Waals surface area contributed by atoms with E-state index in [9.17, 15) is 4.79 Å². The summed E-state index contributed by atoms with van der Waals surface area (Å²) in [5.41, 5.74) is 6.53. The third-order valence-electron chi connectivity index (χ3n) is 2.28. The molecule has 90 valence electrons. The molecule has 1 aromatic carbocycles. The minimum absolute atomic E-state index is 0.183. The van der Waals surface area contributed by atoms with Crippen molar-refractivity contribution in [2.75, 3.05) is 19.0 Å². The highest BCUT2D eigenvalue weighted by molar-refractivity contribution is 5.91. The van der Waals surface area contributed by atoms with Gasteiger partial charge in [-0.15, -0.1) is 0 Å². The van der Waals surface area contributed by atoms with Crippen molar-refractivity contribution in [1.82, 2.24) is 0 Å². The van der Waals surface area contributed by atoms with Crippen molar-refractivity contribution in [1.29, 1.82) is 5.26 Å². The van der Waals surface area contributed by atoms with Crippen LogP contribution in [-0.4, -0.2) is 25.7 Å². The maximum absolute atomic E-state index is 11.6. The molecular weight excluding hydrogens is 218 g/mol. The molecule has 0 aliphatic rings. The van der Waals surface area contributed by atoms with E-state index >= 15 is 0 Å². The van der Waals surface area contributed by atoms with Gasteiger partial charge in [-0.2, -0.15) is 5.26 Å². The second kappa shape index (κ2) is 6.63. The van der Waals surface area contributed by atoms with Gasteiger partial charge in [-0.05, 0) is 18.2 Å². The van der Waals surface area contributed by atoms with Crippen LogP contribution >= 0.6 is 0 Å². The van der Waals surface area contributed by atoms with Crippen LogP contribution in [0.3, 0.4) is 0 Å². The van der Waals surface area contributed by atoms with Gasteiger partial charge >= 0.3 is 0 Å². The van der Waals surface area contributed by atoms with E-state index in [0.29, 0.717) is 17.8 Å². The monoisotopic (exact) mass is 233 g/mol. The number of anilines is 1. The minimum Gasteiger partial charge on any atom is -0.380 e. The fourth-order valence-electron chi connectivity index (χ4n) is 1.35. The number of amides is 1. The van der Waals surface area contributed by atoms with E-state index in [1.54, 1.807) is 24.3 Å². The van der Waals surface area contributed by atoms with Crippen molar-refractivity contribution in [3.05, 3.63) is 29.8 Å². The first-order chi connectivity index (χ1) is 8.19. The molecule has 0 aliphatic heterocycles. The summed E-state index contributed by atoms with van der Waals surface area (Å²) in [6.45, 7) is 0.294. The van der Waals surface area contributed by atoms with Crippen LogP contribution in [0.5, 0.6) is 0 Å². The molecule has 0 bridgehead atoms. The number of nitrogens with one attached hydrogen (secondary N) is 1. The lowest BCUT2D eigenvalue weighted by atomic mass is 10.2. The Morgan fingerprint density at radius 1 is 1.65 bits per heavy atom. The number of nitrogens with two attached hydrogens (primary N) is 1. The quantitative estimate of drug-likeness (QED) is 0.789. The van der Waals surface area contributed by atoms with Gasteiger partial charge in [0.15, 0.2) is 0 Å². The zero-order valence-electron chi connectivity index (χ0n) is 9.64. The number of hydrogen-bond acceptors (Lipinski definition) is 4. The first-order valence-electron chi connectivity index (χ1n) is 5.22. The van der Waals surface area contributed by atoms with Crippen LogP contribution in [0.15, 0.2) is 24.3 Å². The highest BCUT2D eigenvalue weighted by Gasteiger charge is 2.11. The van der Waals surface area contributed by atoms with Crippen LogP contribution in [0.4, 0.5) is 5.69 Å². The molecule has 3 N–H and O–H groups in total. The second-order valence-corrected chi connectivity index (χ2v) is 3.54. The zero-order chi connectivity index (χ0) is 12.7. The minimum atomic E-state index is -0.283. The second-order valence-electron chi connectivity index (χ2n) is 3.54. The molecule has 1 atom stereocenters. The molecule has 0 radical (unpaired) electrons. The first kappa shape index (κ1) is 13.2. The number of benzene rings is 1. The van der Waals surface area contributed by atoms with Crippen LogP contribution in [0.1, 0.15) is 12.0 Å². The number of nitriles is 1. The summed E-state index contributed by atoms with van der Waals surface area (Å²) in [4.78, 5) is 11.6. The summed E-state index contributed by atoms with van der Waals surface area (Å²) in [7, 11) is 1.51. The van der Waals surface area contributed by atoms with E-state index in [-0.39, 0.29) is 18.4 Å². The summed E-state index contributed by atoms with van der Waals surface area (Å²) in [5, 5.41) is 11.4. The largest absolute Gasteiger partial charge is 0.380 e. The number of ether oxygens (including phenoxy) is 1. The smallest absolute Gasteiger partial charge is 0.227 e. The molecule has 5 heteroatoms. The Balaban J connectivity index is 2.59. The molecule has 0 saturated carbocycles. The lowest BCUT2D eigenvalue weighted by molar-refractivity contribution is -0.118. The summed E-state index contributed by atoms with van der Waals surface area (Å²) >= 11 is 0. The first-order valence-corrected chi connectivity index (χ1v) is 5.22. The van der Waals surface area contributed by atoms with Gasteiger partial charge in [0.25, 0.3) is 0 Å².